The van der Waals surface area contributed by atoms with E-state index >= 15 is 0 Å². The first-order valence-corrected chi connectivity index (χ1v) is 8.30. The van der Waals surface area contributed by atoms with E-state index in [1.165, 1.54) is 4.90 Å². The fourth-order valence-corrected chi connectivity index (χ4v) is 2.32. The first-order chi connectivity index (χ1) is 9.67. The highest BCUT2D eigenvalue weighted by atomic mass is 127. The minimum absolute atomic E-state index is 0.00456. The summed E-state index contributed by atoms with van der Waals surface area (Å²) in [5, 5.41) is 2.79. The number of halogens is 1. The summed E-state index contributed by atoms with van der Waals surface area (Å²) in [7, 11) is 0. The van der Waals surface area contributed by atoms with Crippen molar-refractivity contribution in [1.29, 1.82) is 0 Å². The number of nitrogens with one attached hydrogen (secondary N) is 1. The van der Waals surface area contributed by atoms with Crippen LogP contribution in [0.4, 0.5) is 5.69 Å². The van der Waals surface area contributed by atoms with Crippen molar-refractivity contribution in [3.63, 3.8) is 0 Å². The summed E-state index contributed by atoms with van der Waals surface area (Å²) in [5.41, 5.74) is 0.775. The van der Waals surface area contributed by atoms with Gasteiger partial charge in [0.15, 0.2) is 6.61 Å². The molecule has 0 saturated carbocycles. The van der Waals surface area contributed by atoms with Crippen LogP contribution in [0, 0.1) is 3.57 Å². The lowest BCUT2D eigenvalue weighted by Gasteiger charge is -2.08. The van der Waals surface area contributed by atoms with Gasteiger partial charge in [0.2, 0.25) is 0 Å². The Morgan fingerprint density at radius 3 is 2.40 bits per heavy atom. The van der Waals surface area contributed by atoms with E-state index in [1.54, 1.807) is 11.8 Å². The Bertz CT molecular complexity index is 569. The van der Waals surface area contributed by atoms with Crippen LogP contribution in [-0.2, 0) is 4.79 Å². The molecule has 2 aromatic carbocycles. The highest BCUT2D eigenvalue weighted by Gasteiger charge is 2.03. The first kappa shape index (κ1) is 15.2. The molecule has 0 bridgehead atoms. The van der Waals surface area contributed by atoms with Gasteiger partial charge in [-0.1, -0.05) is 0 Å². The summed E-state index contributed by atoms with van der Waals surface area (Å²) in [6.45, 7) is 0.00456. The van der Waals surface area contributed by atoms with Crippen LogP contribution in [-0.4, -0.2) is 18.8 Å². The summed E-state index contributed by atoms with van der Waals surface area (Å²) >= 11 is 3.89. The van der Waals surface area contributed by atoms with E-state index in [2.05, 4.69) is 27.9 Å². The van der Waals surface area contributed by atoms with Crippen molar-refractivity contribution in [3.8, 4) is 5.75 Å². The Hall–Kier alpha value is -1.21. The summed E-state index contributed by atoms with van der Waals surface area (Å²) in [4.78, 5) is 12.9. The van der Waals surface area contributed by atoms with Crippen LogP contribution in [0.2, 0.25) is 0 Å². The predicted molar refractivity (Wildman–Crippen MR) is 91.5 cm³/mol. The van der Waals surface area contributed by atoms with Gasteiger partial charge in [-0.15, -0.1) is 11.8 Å². The Labute approximate surface area is 136 Å². The molecule has 0 aromatic heterocycles. The number of benzene rings is 2. The molecule has 0 radical (unpaired) electrons. The molecule has 0 aliphatic heterocycles. The normalized spacial score (nSPS) is 10.1. The molecule has 104 valence electrons. The zero-order valence-electron chi connectivity index (χ0n) is 10.9. The van der Waals surface area contributed by atoms with Gasteiger partial charge in [-0.2, -0.15) is 0 Å². The van der Waals surface area contributed by atoms with E-state index in [-0.39, 0.29) is 12.5 Å². The summed E-state index contributed by atoms with van der Waals surface area (Å²) < 4.78 is 6.57. The zero-order chi connectivity index (χ0) is 14.4. The Balaban J connectivity index is 1.83. The molecule has 20 heavy (non-hydrogen) atoms. The highest BCUT2D eigenvalue weighted by Crippen LogP contribution is 2.19. The first-order valence-electron chi connectivity index (χ1n) is 5.99. The van der Waals surface area contributed by atoms with Crippen molar-refractivity contribution in [1.82, 2.24) is 0 Å². The van der Waals surface area contributed by atoms with Crippen molar-refractivity contribution < 1.29 is 9.53 Å². The molecule has 0 atom stereocenters. The van der Waals surface area contributed by atoms with Crippen molar-refractivity contribution >= 4 is 45.9 Å². The fraction of sp³-hybridized carbons (Fsp3) is 0.133. The minimum atomic E-state index is -0.167. The monoisotopic (exact) mass is 399 g/mol. The van der Waals surface area contributed by atoms with Gasteiger partial charge < -0.3 is 10.1 Å². The van der Waals surface area contributed by atoms with Crippen LogP contribution in [0.5, 0.6) is 5.75 Å². The summed E-state index contributed by atoms with van der Waals surface area (Å²) in [6.07, 6.45) is 2.02. The Morgan fingerprint density at radius 1 is 1.15 bits per heavy atom. The van der Waals surface area contributed by atoms with E-state index in [1.807, 2.05) is 54.8 Å². The van der Waals surface area contributed by atoms with E-state index < -0.39 is 0 Å². The number of hydrogen-bond acceptors (Lipinski definition) is 3. The van der Waals surface area contributed by atoms with Crippen molar-refractivity contribution in [2.45, 2.75) is 4.90 Å². The maximum absolute atomic E-state index is 11.8. The third kappa shape index (κ3) is 4.72. The van der Waals surface area contributed by atoms with E-state index in [0.717, 1.165) is 9.26 Å². The molecule has 0 unspecified atom stereocenters. The highest BCUT2D eigenvalue weighted by molar-refractivity contribution is 14.1. The molecule has 0 aliphatic rings. The van der Waals surface area contributed by atoms with Crippen LogP contribution in [0.1, 0.15) is 0 Å². The van der Waals surface area contributed by atoms with Gasteiger partial charge in [0.25, 0.3) is 5.91 Å². The molecule has 2 aromatic rings. The average molecular weight is 399 g/mol. The van der Waals surface area contributed by atoms with Crippen molar-refractivity contribution in [2.75, 3.05) is 18.2 Å². The molecule has 1 N–H and O–H groups in total. The SMILES string of the molecule is CSc1ccc(OCC(=O)Nc2ccc(I)cc2)cc1. The molecule has 1 amide bonds. The van der Waals surface area contributed by atoms with Crippen LogP contribution in [0.15, 0.2) is 53.4 Å². The maximum Gasteiger partial charge on any atom is 0.262 e. The molecule has 2 rings (SSSR count). The number of amides is 1. The van der Waals surface area contributed by atoms with Gasteiger partial charge >= 0.3 is 0 Å². The molecule has 3 nitrogen and oxygen atoms in total. The Morgan fingerprint density at radius 2 is 1.80 bits per heavy atom. The number of ether oxygens (including phenoxy) is 1. The third-order valence-electron chi connectivity index (χ3n) is 2.56. The van der Waals surface area contributed by atoms with Crippen molar-refractivity contribution in [2.24, 2.45) is 0 Å². The van der Waals surface area contributed by atoms with Gasteiger partial charge in [0.05, 0.1) is 0 Å². The topological polar surface area (TPSA) is 38.3 Å². The van der Waals surface area contributed by atoms with E-state index in [0.29, 0.717) is 5.75 Å². The van der Waals surface area contributed by atoms with Gasteiger partial charge in [-0.25, -0.2) is 0 Å². The molecule has 0 spiro atoms. The molecule has 0 fully saturated rings. The van der Waals surface area contributed by atoms with Crippen LogP contribution < -0.4 is 10.1 Å². The third-order valence-corrected chi connectivity index (χ3v) is 4.02. The largest absolute Gasteiger partial charge is 0.484 e. The number of carbonyl (C=O) groups excluding carboxylic acids is 1. The van der Waals surface area contributed by atoms with Gasteiger partial charge in [0, 0.05) is 14.2 Å². The summed E-state index contributed by atoms with van der Waals surface area (Å²) in [6, 6.07) is 15.3. The molecule has 0 saturated heterocycles. The van der Waals surface area contributed by atoms with Crippen LogP contribution in [0.25, 0.3) is 0 Å². The lowest BCUT2D eigenvalue weighted by atomic mass is 10.3. The maximum atomic E-state index is 11.8. The number of hydrogen-bond donors (Lipinski definition) is 1. The predicted octanol–water partition coefficient (Wildman–Crippen LogP) is 4.03. The number of thioether (sulfide) groups is 1. The molecular weight excluding hydrogens is 385 g/mol. The van der Waals surface area contributed by atoms with Crippen molar-refractivity contribution in [3.05, 3.63) is 52.1 Å². The second-order valence-electron chi connectivity index (χ2n) is 4.02. The zero-order valence-corrected chi connectivity index (χ0v) is 13.9. The quantitative estimate of drug-likeness (QED) is 0.610. The van der Waals surface area contributed by atoms with E-state index in [9.17, 15) is 4.79 Å². The molecule has 0 aliphatic carbocycles. The second-order valence-corrected chi connectivity index (χ2v) is 6.14. The minimum Gasteiger partial charge on any atom is -0.484 e. The lowest BCUT2D eigenvalue weighted by Crippen LogP contribution is -2.20. The van der Waals surface area contributed by atoms with Gasteiger partial charge in [0.1, 0.15) is 5.75 Å². The molecule has 5 heteroatoms. The van der Waals surface area contributed by atoms with Crippen LogP contribution >= 0.6 is 34.4 Å². The van der Waals surface area contributed by atoms with Crippen LogP contribution in [0.3, 0.4) is 0 Å². The van der Waals surface area contributed by atoms with Gasteiger partial charge in [-0.05, 0) is 77.4 Å². The fourth-order valence-electron chi connectivity index (χ4n) is 1.55. The van der Waals surface area contributed by atoms with E-state index in [4.69, 9.17) is 4.74 Å². The second kappa shape index (κ2) is 7.54. The van der Waals surface area contributed by atoms with Gasteiger partial charge in [-0.3, -0.25) is 4.79 Å². The average Bonchev–Trinajstić information content (AvgIpc) is 2.48. The Kier molecular flexibility index (Phi) is 5.72. The number of anilines is 1. The lowest BCUT2D eigenvalue weighted by molar-refractivity contribution is -0.118. The smallest absolute Gasteiger partial charge is 0.262 e. The molecule has 0 heterocycles. The number of carbonyl (C=O) groups is 1. The molecular formula is C15H14INO2S. The number of rotatable bonds is 5. The standard InChI is InChI=1S/C15H14INO2S/c1-20-14-8-6-13(7-9-14)19-10-15(18)17-12-4-2-11(16)3-5-12/h2-9H,10H2,1H3,(H,17,18). The summed E-state index contributed by atoms with van der Waals surface area (Å²) in [5.74, 6) is 0.528.